The highest BCUT2D eigenvalue weighted by atomic mass is 31.2. The summed E-state index contributed by atoms with van der Waals surface area (Å²) in [5, 5.41) is 7.55. The molecular weight excluding hydrogens is 203 g/mol. The molecule has 1 aromatic carbocycles. The Hall–Kier alpha value is -0.670. The molecule has 3 N–H and O–H groups in total. The van der Waals surface area contributed by atoms with Gasteiger partial charge in [-0.25, -0.2) is 0 Å². The van der Waals surface area contributed by atoms with Crippen LogP contribution in [0.1, 0.15) is 12.5 Å². The molecule has 0 heterocycles. The lowest BCUT2D eigenvalue weighted by Crippen LogP contribution is -2.26. The average molecular weight is 216 g/mol. The molecule has 1 aromatic rings. The second-order valence-electron chi connectivity index (χ2n) is 3.42. The van der Waals surface area contributed by atoms with Gasteiger partial charge in [0.1, 0.15) is 0 Å². The Labute approximate surface area is 82.4 Å². The van der Waals surface area contributed by atoms with Crippen molar-refractivity contribution in [3.63, 3.8) is 0 Å². The van der Waals surface area contributed by atoms with Gasteiger partial charge in [0.2, 0.25) is 0 Å². The Morgan fingerprint density at radius 1 is 1.29 bits per heavy atom. The summed E-state index contributed by atoms with van der Waals surface area (Å²) in [5.74, 6) is 0. The van der Waals surface area contributed by atoms with Gasteiger partial charge in [-0.3, -0.25) is 4.57 Å². The summed E-state index contributed by atoms with van der Waals surface area (Å²) >= 11 is 0. The Morgan fingerprint density at radius 3 is 2.21 bits per heavy atom. The Bertz CT molecular complexity index is 341. The van der Waals surface area contributed by atoms with E-state index in [1.165, 1.54) is 0 Å². The highest BCUT2D eigenvalue weighted by Gasteiger charge is 2.40. The summed E-state index contributed by atoms with van der Waals surface area (Å²) in [6, 6.07) is 8.74. The third-order valence-corrected chi connectivity index (χ3v) is 3.42. The third-order valence-electron chi connectivity index (χ3n) is 2.01. The van der Waals surface area contributed by atoms with Crippen LogP contribution >= 0.6 is 7.60 Å². The van der Waals surface area contributed by atoms with Crippen LogP contribution in [-0.2, 0) is 11.0 Å². The van der Waals surface area contributed by atoms with E-state index in [0.29, 0.717) is 5.56 Å². The van der Waals surface area contributed by atoms with Gasteiger partial charge < -0.3 is 14.9 Å². The van der Waals surface area contributed by atoms with Crippen LogP contribution in [0.15, 0.2) is 30.3 Å². The van der Waals surface area contributed by atoms with Crippen molar-refractivity contribution in [3.05, 3.63) is 35.9 Å². The summed E-state index contributed by atoms with van der Waals surface area (Å²) in [7, 11) is -4.48. The van der Waals surface area contributed by atoms with Gasteiger partial charge in [0, 0.05) is 6.42 Å². The van der Waals surface area contributed by atoms with E-state index in [0.717, 1.165) is 6.92 Å². The maximum atomic E-state index is 10.9. The van der Waals surface area contributed by atoms with Gasteiger partial charge in [-0.1, -0.05) is 30.3 Å². The van der Waals surface area contributed by atoms with Crippen LogP contribution < -0.4 is 0 Å². The lowest BCUT2D eigenvalue weighted by atomic mass is 10.1. The number of benzene rings is 1. The minimum Gasteiger partial charge on any atom is -0.377 e. The molecule has 0 aliphatic heterocycles. The molecule has 0 spiro atoms. The SMILES string of the molecule is CC(O)(Cc1ccccc1)P(=O)(O)O. The van der Waals surface area contributed by atoms with Gasteiger partial charge in [-0.05, 0) is 12.5 Å². The maximum absolute atomic E-state index is 10.9. The van der Waals surface area contributed by atoms with Crippen molar-refractivity contribution in [1.82, 2.24) is 0 Å². The van der Waals surface area contributed by atoms with E-state index in [2.05, 4.69) is 0 Å². The molecular formula is C9H13O4P. The molecule has 1 rings (SSSR count). The van der Waals surface area contributed by atoms with E-state index in [4.69, 9.17) is 9.79 Å². The lowest BCUT2D eigenvalue weighted by molar-refractivity contribution is 0.109. The maximum Gasteiger partial charge on any atom is 0.356 e. The zero-order valence-electron chi connectivity index (χ0n) is 7.79. The van der Waals surface area contributed by atoms with Gasteiger partial charge >= 0.3 is 7.60 Å². The molecule has 14 heavy (non-hydrogen) atoms. The van der Waals surface area contributed by atoms with Crippen molar-refractivity contribution < 1.29 is 19.5 Å². The first-order chi connectivity index (χ1) is 6.33. The Balaban J connectivity index is 2.85. The normalized spacial score (nSPS) is 16.3. The van der Waals surface area contributed by atoms with Crippen molar-refractivity contribution >= 4 is 7.60 Å². The topological polar surface area (TPSA) is 77.8 Å². The first-order valence-corrected chi connectivity index (χ1v) is 5.76. The minimum atomic E-state index is -4.48. The monoisotopic (exact) mass is 216 g/mol. The van der Waals surface area contributed by atoms with Crippen LogP contribution in [0.4, 0.5) is 0 Å². The van der Waals surface area contributed by atoms with Gasteiger partial charge in [0.15, 0.2) is 5.34 Å². The molecule has 0 saturated heterocycles. The zero-order valence-corrected chi connectivity index (χ0v) is 8.69. The highest BCUT2D eigenvalue weighted by molar-refractivity contribution is 7.53. The van der Waals surface area contributed by atoms with Crippen LogP contribution in [0.2, 0.25) is 0 Å². The fourth-order valence-electron chi connectivity index (χ4n) is 1.09. The van der Waals surface area contributed by atoms with Crippen molar-refractivity contribution in [2.75, 3.05) is 0 Å². The molecule has 0 saturated carbocycles. The first-order valence-electron chi connectivity index (χ1n) is 4.15. The zero-order chi connectivity index (χ0) is 10.8. The summed E-state index contributed by atoms with van der Waals surface area (Å²) in [4.78, 5) is 17.7. The fraction of sp³-hybridized carbons (Fsp3) is 0.333. The molecule has 4 nitrogen and oxygen atoms in total. The molecule has 0 aliphatic rings. The van der Waals surface area contributed by atoms with Crippen molar-refractivity contribution in [1.29, 1.82) is 0 Å². The van der Waals surface area contributed by atoms with E-state index in [1.807, 2.05) is 0 Å². The largest absolute Gasteiger partial charge is 0.377 e. The third kappa shape index (κ3) is 2.66. The van der Waals surface area contributed by atoms with E-state index >= 15 is 0 Å². The van der Waals surface area contributed by atoms with E-state index in [-0.39, 0.29) is 6.42 Å². The molecule has 0 bridgehead atoms. The van der Waals surface area contributed by atoms with Crippen LogP contribution in [0.25, 0.3) is 0 Å². The van der Waals surface area contributed by atoms with Gasteiger partial charge in [0.05, 0.1) is 0 Å². The summed E-state index contributed by atoms with van der Waals surface area (Å²) in [5.41, 5.74) is 0.695. The van der Waals surface area contributed by atoms with Crippen LogP contribution in [0.3, 0.4) is 0 Å². The minimum absolute atomic E-state index is 0.0574. The van der Waals surface area contributed by atoms with Crippen molar-refractivity contribution in [3.8, 4) is 0 Å². The Morgan fingerprint density at radius 2 is 1.79 bits per heavy atom. The van der Waals surface area contributed by atoms with Crippen LogP contribution in [0, 0.1) is 0 Å². The van der Waals surface area contributed by atoms with Gasteiger partial charge in [-0.15, -0.1) is 0 Å². The van der Waals surface area contributed by atoms with Gasteiger partial charge in [0.25, 0.3) is 0 Å². The van der Waals surface area contributed by atoms with Crippen LogP contribution in [0.5, 0.6) is 0 Å². The van der Waals surface area contributed by atoms with Gasteiger partial charge in [-0.2, -0.15) is 0 Å². The van der Waals surface area contributed by atoms with E-state index in [9.17, 15) is 9.67 Å². The Kier molecular flexibility index (Phi) is 3.12. The van der Waals surface area contributed by atoms with Crippen LogP contribution in [-0.4, -0.2) is 20.2 Å². The number of hydrogen-bond acceptors (Lipinski definition) is 2. The predicted octanol–water partition coefficient (Wildman–Crippen LogP) is 1.12. The molecule has 0 aliphatic carbocycles. The summed E-state index contributed by atoms with van der Waals surface area (Å²) in [6.07, 6.45) is -0.0574. The first kappa shape index (κ1) is 11.4. The second-order valence-corrected chi connectivity index (χ2v) is 5.47. The average Bonchev–Trinajstić information content (AvgIpc) is 2.03. The predicted molar refractivity (Wildman–Crippen MR) is 52.8 cm³/mol. The molecule has 0 fully saturated rings. The van der Waals surface area contributed by atoms with E-state index in [1.54, 1.807) is 30.3 Å². The summed E-state index contributed by atoms with van der Waals surface area (Å²) < 4.78 is 10.9. The standard InChI is InChI=1S/C9H13O4P/c1-9(10,14(11,12)13)7-8-5-3-2-4-6-8/h2-6,10H,7H2,1H3,(H2,11,12,13). The molecule has 5 heteroatoms. The summed E-state index contributed by atoms with van der Waals surface area (Å²) in [6.45, 7) is 1.14. The highest BCUT2D eigenvalue weighted by Crippen LogP contribution is 2.49. The number of aliphatic hydroxyl groups is 1. The molecule has 78 valence electrons. The molecule has 0 amide bonds. The molecule has 0 aromatic heterocycles. The van der Waals surface area contributed by atoms with Crippen molar-refractivity contribution in [2.45, 2.75) is 18.7 Å². The van der Waals surface area contributed by atoms with E-state index < -0.39 is 12.9 Å². The quantitative estimate of drug-likeness (QED) is 0.661. The lowest BCUT2D eigenvalue weighted by Gasteiger charge is -2.24. The number of rotatable bonds is 3. The second kappa shape index (κ2) is 3.83. The fourth-order valence-corrected chi connectivity index (χ4v) is 1.47. The molecule has 0 radical (unpaired) electrons. The number of hydrogen-bond donors (Lipinski definition) is 3. The van der Waals surface area contributed by atoms with Crippen molar-refractivity contribution in [2.24, 2.45) is 0 Å². The molecule has 1 unspecified atom stereocenters. The smallest absolute Gasteiger partial charge is 0.356 e. The molecule has 1 atom stereocenters.